The summed E-state index contributed by atoms with van der Waals surface area (Å²) in [6, 6.07) is 11.4. The van der Waals surface area contributed by atoms with Crippen molar-refractivity contribution >= 4 is 29.1 Å². The molecule has 4 heterocycles. The standard InChI is InChI=1S/C26H35N7O4/c1-37-22-4-2-3-21(18-22)33-19-20(17-25(33)35)26(36)32-13-11-31(12-14-32)24-6-5-23(27-28-24)30-9-7-29(8-10-30)15-16-34/h2-6,18,20,34H,7-17,19H2,1H3. The van der Waals surface area contributed by atoms with Crippen LogP contribution < -0.4 is 19.4 Å². The van der Waals surface area contributed by atoms with Gasteiger partial charge in [0.1, 0.15) is 5.75 Å². The lowest BCUT2D eigenvalue weighted by Crippen LogP contribution is -2.51. The molecule has 11 nitrogen and oxygen atoms in total. The number of amides is 2. The molecule has 3 saturated heterocycles. The second-order valence-corrected chi connectivity index (χ2v) is 9.72. The van der Waals surface area contributed by atoms with Gasteiger partial charge in [-0.1, -0.05) is 6.07 Å². The van der Waals surface area contributed by atoms with Crippen LogP contribution in [0.2, 0.25) is 0 Å². The van der Waals surface area contributed by atoms with Crippen LogP contribution in [0.25, 0.3) is 0 Å². The molecule has 2 amide bonds. The number of aromatic nitrogens is 2. The van der Waals surface area contributed by atoms with E-state index in [0.29, 0.717) is 45.0 Å². The molecule has 1 aromatic carbocycles. The highest BCUT2D eigenvalue weighted by Gasteiger charge is 2.38. The van der Waals surface area contributed by atoms with Gasteiger partial charge in [0.2, 0.25) is 11.8 Å². The number of anilines is 3. The monoisotopic (exact) mass is 509 g/mol. The first-order valence-corrected chi connectivity index (χ1v) is 13.0. The Morgan fingerprint density at radius 3 is 2.22 bits per heavy atom. The summed E-state index contributed by atoms with van der Waals surface area (Å²) in [5.41, 5.74) is 0.763. The summed E-state index contributed by atoms with van der Waals surface area (Å²) in [6.45, 7) is 7.40. The van der Waals surface area contributed by atoms with Crippen molar-refractivity contribution in [1.82, 2.24) is 20.0 Å². The Labute approximate surface area is 217 Å². The van der Waals surface area contributed by atoms with E-state index in [4.69, 9.17) is 9.84 Å². The van der Waals surface area contributed by atoms with Gasteiger partial charge in [-0.25, -0.2) is 0 Å². The second-order valence-electron chi connectivity index (χ2n) is 9.72. The van der Waals surface area contributed by atoms with E-state index < -0.39 is 0 Å². The largest absolute Gasteiger partial charge is 0.497 e. The zero-order valence-electron chi connectivity index (χ0n) is 21.3. The Morgan fingerprint density at radius 2 is 1.62 bits per heavy atom. The van der Waals surface area contributed by atoms with Crippen LogP contribution in [0.4, 0.5) is 17.3 Å². The molecule has 0 spiro atoms. The Balaban J connectivity index is 1.12. The van der Waals surface area contributed by atoms with E-state index in [1.807, 2.05) is 41.3 Å². The smallest absolute Gasteiger partial charge is 0.228 e. The molecule has 5 rings (SSSR count). The summed E-state index contributed by atoms with van der Waals surface area (Å²) in [6.07, 6.45) is 0.234. The molecule has 1 unspecified atom stereocenters. The molecular formula is C26H35N7O4. The molecule has 0 aliphatic carbocycles. The van der Waals surface area contributed by atoms with Gasteiger partial charge >= 0.3 is 0 Å². The Hall–Kier alpha value is -3.44. The molecule has 1 N–H and O–H groups in total. The van der Waals surface area contributed by atoms with E-state index in [1.165, 1.54) is 0 Å². The maximum absolute atomic E-state index is 13.2. The highest BCUT2D eigenvalue weighted by molar-refractivity contribution is 6.00. The van der Waals surface area contributed by atoms with Crippen molar-refractivity contribution in [2.75, 3.05) is 93.9 Å². The lowest BCUT2D eigenvalue weighted by atomic mass is 10.1. The van der Waals surface area contributed by atoms with Crippen molar-refractivity contribution in [3.8, 4) is 5.75 Å². The maximum Gasteiger partial charge on any atom is 0.228 e. The molecule has 37 heavy (non-hydrogen) atoms. The molecule has 0 saturated carbocycles. The highest BCUT2D eigenvalue weighted by Crippen LogP contribution is 2.29. The first-order valence-electron chi connectivity index (χ1n) is 13.0. The van der Waals surface area contributed by atoms with Gasteiger partial charge in [0.25, 0.3) is 0 Å². The minimum absolute atomic E-state index is 0.0320. The first-order chi connectivity index (χ1) is 18.1. The van der Waals surface area contributed by atoms with Crippen molar-refractivity contribution in [3.05, 3.63) is 36.4 Å². The average molecular weight is 510 g/mol. The lowest BCUT2D eigenvalue weighted by molar-refractivity contribution is -0.136. The predicted octanol–water partition coefficient (Wildman–Crippen LogP) is 0.301. The first kappa shape index (κ1) is 25.2. The third-order valence-electron chi connectivity index (χ3n) is 7.50. The van der Waals surface area contributed by atoms with Crippen LogP contribution >= 0.6 is 0 Å². The molecule has 2 aromatic rings. The van der Waals surface area contributed by atoms with E-state index in [2.05, 4.69) is 24.9 Å². The maximum atomic E-state index is 13.2. The number of methoxy groups -OCH3 is 1. The van der Waals surface area contributed by atoms with Crippen LogP contribution in [-0.4, -0.2) is 116 Å². The van der Waals surface area contributed by atoms with Crippen molar-refractivity contribution in [2.45, 2.75) is 6.42 Å². The van der Waals surface area contributed by atoms with E-state index in [0.717, 1.165) is 43.5 Å². The van der Waals surface area contributed by atoms with E-state index in [1.54, 1.807) is 12.0 Å². The van der Waals surface area contributed by atoms with Crippen LogP contribution in [0.15, 0.2) is 36.4 Å². The summed E-state index contributed by atoms with van der Waals surface area (Å²) < 4.78 is 5.28. The van der Waals surface area contributed by atoms with E-state index in [-0.39, 0.29) is 30.8 Å². The average Bonchev–Trinajstić information content (AvgIpc) is 3.35. The molecule has 198 valence electrons. The van der Waals surface area contributed by atoms with E-state index >= 15 is 0 Å². The van der Waals surface area contributed by atoms with Gasteiger partial charge in [-0.05, 0) is 24.3 Å². The molecule has 0 radical (unpaired) electrons. The quantitative estimate of drug-likeness (QED) is 0.564. The molecule has 1 aromatic heterocycles. The van der Waals surface area contributed by atoms with Crippen molar-refractivity contribution in [2.24, 2.45) is 5.92 Å². The number of hydrogen-bond acceptors (Lipinski definition) is 9. The third kappa shape index (κ3) is 5.62. The van der Waals surface area contributed by atoms with Gasteiger partial charge in [-0.2, -0.15) is 0 Å². The fourth-order valence-corrected chi connectivity index (χ4v) is 5.31. The number of benzene rings is 1. The highest BCUT2D eigenvalue weighted by atomic mass is 16.5. The summed E-state index contributed by atoms with van der Waals surface area (Å²) >= 11 is 0. The summed E-state index contributed by atoms with van der Waals surface area (Å²) in [7, 11) is 1.60. The van der Waals surface area contributed by atoms with Crippen LogP contribution in [-0.2, 0) is 9.59 Å². The van der Waals surface area contributed by atoms with Crippen LogP contribution in [0, 0.1) is 5.92 Å². The lowest BCUT2D eigenvalue weighted by Gasteiger charge is -2.37. The van der Waals surface area contributed by atoms with Gasteiger partial charge < -0.3 is 29.4 Å². The number of nitrogens with zero attached hydrogens (tertiary/aromatic N) is 7. The zero-order chi connectivity index (χ0) is 25.8. The molecule has 3 aliphatic rings. The number of piperazine rings is 2. The number of aliphatic hydroxyl groups excluding tert-OH is 1. The Bertz CT molecular complexity index is 1080. The third-order valence-corrected chi connectivity index (χ3v) is 7.50. The van der Waals surface area contributed by atoms with Gasteiger partial charge in [0.05, 0.1) is 19.6 Å². The van der Waals surface area contributed by atoms with Gasteiger partial charge in [-0.3, -0.25) is 14.5 Å². The molecule has 11 heteroatoms. The molecular weight excluding hydrogens is 474 g/mol. The summed E-state index contributed by atoms with van der Waals surface area (Å²) in [5, 5.41) is 18.0. The minimum Gasteiger partial charge on any atom is -0.497 e. The van der Waals surface area contributed by atoms with Gasteiger partial charge in [0.15, 0.2) is 11.6 Å². The van der Waals surface area contributed by atoms with Gasteiger partial charge in [-0.15, -0.1) is 10.2 Å². The number of hydrogen-bond donors (Lipinski definition) is 1. The predicted molar refractivity (Wildman–Crippen MR) is 140 cm³/mol. The topological polar surface area (TPSA) is 106 Å². The molecule has 3 fully saturated rings. The number of β-amino-alcohol motifs (C(OH)–C–C–N with tert-alkyl or cyclic N) is 1. The fraction of sp³-hybridized carbons (Fsp3) is 0.538. The van der Waals surface area contributed by atoms with E-state index in [9.17, 15) is 9.59 Å². The number of rotatable bonds is 7. The number of aliphatic hydroxyl groups is 1. The minimum atomic E-state index is -0.331. The second kappa shape index (κ2) is 11.3. The zero-order valence-corrected chi connectivity index (χ0v) is 21.3. The van der Waals surface area contributed by atoms with Crippen molar-refractivity contribution in [3.63, 3.8) is 0 Å². The van der Waals surface area contributed by atoms with Crippen molar-refractivity contribution < 1.29 is 19.4 Å². The molecule has 0 bridgehead atoms. The molecule has 3 aliphatic heterocycles. The number of carbonyl (C=O) groups excluding carboxylic acids is 2. The molecule has 1 atom stereocenters. The van der Waals surface area contributed by atoms with Crippen molar-refractivity contribution in [1.29, 1.82) is 0 Å². The summed E-state index contributed by atoms with van der Waals surface area (Å²) in [5.74, 6) is 2.05. The Kier molecular flexibility index (Phi) is 7.71. The number of ether oxygens (including phenoxy) is 1. The number of carbonyl (C=O) groups is 2. The van der Waals surface area contributed by atoms with Crippen LogP contribution in [0.1, 0.15) is 6.42 Å². The SMILES string of the molecule is COc1cccc(N2CC(C(=O)N3CCN(c4ccc(N5CCN(CCO)CC5)nn4)CC3)CC2=O)c1. The van der Waals surface area contributed by atoms with Crippen LogP contribution in [0.3, 0.4) is 0 Å². The normalized spacial score (nSPS) is 21.0. The Morgan fingerprint density at radius 1 is 0.973 bits per heavy atom. The van der Waals surface area contributed by atoms with Crippen LogP contribution in [0.5, 0.6) is 5.75 Å². The van der Waals surface area contributed by atoms with Gasteiger partial charge in [0, 0.05) is 83.6 Å². The fourth-order valence-electron chi connectivity index (χ4n) is 5.31. The summed E-state index contributed by atoms with van der Waals surface area (Å²) in [4.78, 5) is 36.1.